The van der Waals surface area contributed by atoms with Crippen LogP contribution in [0.4, 0.5) is 14.5 Å². The number of halogens is 3. The Morgan fingerprint density at radius 2 is 1.96 bits per heavy atom. The molecule has 8 heteroatoms. The van der Waals surface area contributed by atoms with Gasteiger partial charge in [0.05, 0.1) is 22.2 Å². The predicted molar refractivity (Wildman–Crippen MR) is 103 cm³/mol. The SMILES string of the molecule is CCC(C(=O)O)c1cc(Cl)c(NC(=O)c2cn(C)c3ccc(F)cc23)cc1F. The van der Waals surface area contributed by atoms with Crippen LogP contribution in [-0.4, -0.2) is 21.6 Å². The summed E-state index contributed by atoms with van der Waals surface area (Å²) < 4.78 is 29.7. The van der Waals surface area contributed by atoms with Crippen molar-refractivity contribution in [3.05, 3.63) is 64.3 Å². The van der Waals surface area contributed by atoms with Crippen molar-refractivity contribution in [1.82, 2.24) is 4.57 Å². The number of hydrogen-bond donors (Lipinski definition) is 2. The Morgan fingerprint density at radius 3 is 2.61 bits per heavy atom. The molecule has 1 amide bonds. The molecular formula is C20H17ClF2N2O3. The number of fused-ring (bicyclic) bond motifs is 1. The van der Waals surface area contributed by atoms with E-state index in [0.29, 0.717) is 10.9 Å². The molecule has 0 saturated heterocycles. The number of aliphatic carboxylic acids is 1. The molecule has 1 heterocycles. The van der Waals surface area contributed by atoms with Crippen LogP contribution in [-0.2, 0) is 11.8 Å². The summed E-state index contributed by atoms with van der Waals surface area (Å²) in [7, 11) is 1.72. The van der Waals surface area contributed by atoms with Crippen molar-refractivity contribution in [2.75, 3.05) is 5.32 Å². The Kier molecular flexibility index (Phi) is 5.38. The molecule has 0 radical (unpaired) electrons. The summed E-state index contributed by atoms with van der Waals surface area (Å²) >= 11 is 6.15. The van der Waals surface area contributed by atoms with Gasteiger partial charge in [-0.05, 0) is 36.8 Å². The van der Waals surface area contributed by atoms with E-state index in [1.165, 1.54) is 24.4 Å². The first-order chi connectivity index (χ1) is 13.2. The van der Waals surface area contributed by atoms with Crippen LogP contribution >= 0.6 is 11.6 Å². The molecule has 0 spiro atoms. The zero-order valence-corrected chi connectivity index (χ0v) is 15.8. The summed E-state index contributed by atoms with van der Waals surface area (Å²) in [4.78, 5) is 24.0. The van der Waals surface area contributed by atoms with Crippen LogP contribution in [0.25, 0.3) is 10.9 Å². The number of aryl methyl sites for hydroxylation is 1. The van der Waals surface area contributed by atoms with Crippen molar-refractivity contribution in [3.63, 3.8) is 0 Å². The predicted octanol–water partition coefficient (Wildman–Crippen LogP) is 4.94. The van der Waals surface area contributed by atoms with E-state index in [1.54, 1.807) is 24.6 Å². The van der Waals surface area contributed by atoms with Crippen LogP contribution in [0.15, 0.2) is 36.5 Å². The third kappa shape index (κ3) is 3.57. The molecule has 1 atom stereocenters. The van der Waals surface area contributed by atoms with Crippen molar-refractivity contribution < 1.29 is 23.5 Å². The molecule has 5 nitrogen and oxygen atoms in total. The van der Waals surface area contributed by atoms with Gasteiger partial charge in [-0.25, -0.2) is 8.78 Å². The maximum atomic E-state index is 14.5. The van der Waals surface area contributed by atoms with Gasteiger partial charge in [-0.2, -0.15) is 0 Å². The average Bonchev–Trinajstić information content (AvgIpc) is 2.95. The van der Waals surface area contributed by atoms with Gasteiger partial charge in [-0.1, -0.05) is 18.5 Å². The molecule has 2 N–H and O–H groups in total. The highest BCUT2D eigenvalue weighted by Gasteiger charge is 2.24. The van der Waals surface area contributed by atoms with E-state index in [4.69, 9.17) is 11.6 Å². The normalized spacial score (nSPS) is 12.2. The zero-order chi connectivity index (χ0) is 20.6. The van der Waals surface area contributed by atoms with Crippen LogP contribution in [0.3, 0.4) is 0 Å². The molecule has 0 aliphatic rings. The Hall–Kier alpha value is -2.93. The molecule has 28 heavy (non-hydrogen) atoms. The minimum atomic E-state index is -1.16. The second-order valence-electron chi connectivity index (χ2n) is 6.42. The number of rotatable bonds is 5. The summed E-state index contributed by atoms with van der Waals surface area (Å²) in [6.07, 6.45) is 1.73. The van der Waals surface area contributed by atoms with Gasteiger partial charge in [-0.3, -0.25) is 9.59 Å². The Bertz CT molecular complexity index is 1090. The minimum Gasteiger partial charge on any atom is -0.481 e. The summed E-state index contributed by atoms with van der Waals surface area (Å²) in [6, 6.07) is 6.29. The van der Waals surface area contributed by atoms with E-state index in [2.05, 4.69) is 5.32 Å². The Morgan fingerprint density at radius 1 is 1.25 bits per heavy atom. The second kappa shape index (κ2) is 7.59. The van der Waals surface area contributed by atoms with Gasteiger partial charge in [0.2, 0.25) is 0 Å². The molecule has 0 aliphatic heterocycles. The highest BCUT2D eigenvalue weighted by atomic mass is 35.5. The van der Waals surface area contributed by atoms with Crippen LogP contribution in [0.5, 0.6) is 0 Å². The number of nitrogens with zero attached hydrogens (tertiary/aromatic N) is 1. The monoisotopic (exact) mass is 406 g/mol. The number of aromatic nitrogens is 1. The van der Waals surface area contributed by atoms with Gasteiger partial charge < -0.3 is 15.0 Å². The molecule has 3 aromatic rings. The molecular weight excluding hydrogens is 390 g/mol. The fraction of sp³-hybridized carbons (Fsp3) is 0.200. The number of nitrogens with one attached hydrogen (secondary N) is 1. The number of carboxylic acids is 1. The van der Waals surface area contributed by atoms with Gasteiger partial charge in [0, 0.05) is 29.7 Å². The molecule has 2 aromatic carbocycles. The van der Waals surface area contributed by atoms with E-state index in [0.717, 1.165) is 6.07 Å². The average molecular weight is 407 g/mol. The van der Waals surface area contributed by atoms with Crippen molar-refractivity contribution in [3.8, 4) is 0 Å². The maximum absolute atomic E-state index is 14.5. The molecule has 0 bridgehead atoms. The Balaban J connectivity index is 1.96. The lowest BCUT2D eigenvalue weighted by molar-refractivity contribution is -0.138. The highest BCUT2D eigenvalue weighted by molar-refractivity contribution is 6.34. The number of hydrogen-bond acceptors (Lipinski definition) is 2. The minimum absolute atomic E-state index is 0.00145. The summed E-state index contributed by atoms with van der Waals surface area (Å²) in [5.41, 5.74) is 0.813. The van der Waals surface area contributed by atoms with Crippen molar-refractivity contribution in [1.29, 1.82) is 0 Å². The molecule has 1 unspecified atom stereocenters. The lowest BCUT2D eigenvalue weighted by atomic mass is 9.96. The van der Waals surface area contributed by atoms with Crippen LogP contribution in [0, 0.1) is 11.6 Å². The molecule has 0 saturated carbocycles. The highest BCUT2D eigenvalue weighted by Crippen LogP contribution is 2.32. The van der Waals surface area contributed by atoms with Crippen LogP contribution in [0.1, 0.15) is 35.2 Å². The van der Waals surface area contributed by atoms with E-state index in [1.807, 2.05) is 0 Å². The molecule has 1 aromatic heterocycles. The summed E-state index contributed by atoms with van der Waals surface area (Å²) in [5, 5.41) is 12.1. The number of amides is 1. The third-order valence-corrected chi connectivity index (χ3v) is 4.93. The van der Waals surface area contributed by atoms with Gasteiger partial charge >= 0.3 is 5.97 Å². The quantitative estimate of drug-likeness (QED) is 0.630. The van der Waals surface area contributed by atoms with Crippen LogP contribution in [0.2, 0.25) is 5.02 Å². The molecule has 146 valence electrons. The largest absolute Gasteiger partial charge is 0.481 e. The standard InChI is InChI=1S/C20H17ClF2N2O3/c1-3-11(20(27)28)12-7-15(21)17(8-16(12)23)24-19(26)14-9-25(2)18-5-4-10(22)6-13(14)18/h4-9,11H,3H2,1-2H3,(H,24,26)(H,27,28). The van der Waals surface area contributed by atoms with Crippen molar-refractivity contribution >= 4 is 40.1 Å². The second-order valence-corrected chi connectivity index (χ2v) is 6.83. The number of anilines is 1. The van der Waals surface area contributed by atoms with Gasteiger partial charge in [0.15, 0.2) is 0 Å². The summed E-state index contributed by atoms with van der Waals surface area (Å²) in [6.45, 7) is 1.63. The first-order valence-corrected chi connectivity index (χ1v) is 8.88. The van der Waals surface area contributed by atoms with E-state index in [-0.39, 0.29) is 28.3 Å². The fourth-order valence-corrected chi connectivity index (χ4v) is 3.41. The van der Waals surface area contributed by atoms with Crippen LogP contribution < -0.4 is 5.32 Å². The van der Waals surface area contributed by atoms with Gasteiger partial charge in [-0.15, -0.1) is 0 Å². The Labute approximate surface area is 164 Å². The number of carbonyl (C=O) groups excluding carboxylic acids is 1. The number of carbonyl (C=O) groups is 2. The first kappa shape index (κ1) is 19.8. The number of benzene rings is 2. The van der Waals surface area contributed by atoms with Gasteiger partial charge in [0.1, 0.15) is 11.6 Å². The topological polar surface area (TPSA) is 71.3 Å². The third-order valence-electron chi connectivity index (χ3n) is 4.61. The molecule has 0 aliphatic carbocycles. The maximum Gasteiger partial charge on any atom is 0.311 e. The molecule has 3 rings (SSSR count). The number of carboxylic acid groups (broad SMARTS) is 1. The summed E-state index contributed by atoms with van der Waals surface area (Å²) in [5.74, 6) is -4.05. The van der Waals surface area contributed by atoms with Crippen molar-refractivity contribution in [2.24, 2.45) is 7.05 Å². The van der Waals surface area contributed by atoms with Gasteiger partial charge in [0.25, 0.3) is 5.91 Å². The van der Waals surface area contributed by atoms with E-state index >= 15 is 0 Å². The molecule has 0 fully saturated rings. The fourth-order valence-electron chi connectivity index (χ4n) is 3.19. The van der Waals surface area contributed by atoms with Crippen molar-refractivity contribution in [2.45, 2.75) is 19.3 Å². The van der Waals surface area contributed by atoms with E-state index in [9.17, 15) is 23.5 Å². The lowest BCUT2D eigenvalue weighted by Gasteiger charge is -2.14. The first-order valence-electron chi connectivity index (χ1n) is 8.50. The zero-order valence-electron chi connectivity index (χ0n) is 15.1. The van der Waals surface area contributed by atoms with E-state index < -0.39 is 29.4 Å². The lowest BCUT2D eigenvalue weighted by Crippen LogP contribution is -2.15. The smallest absolute Gasteiger partial charge is 0.311 e.